The molecule has 33 heavy (non-hydrogen) atoms. The van der Waals surface area contributed by atoms with Crippen molar-refractivity contribution in [3.05, 3.63) is 89.2 Å². The molecule has 4 rings (SSSR count). The van der Waals surface area contributed by atoms with Crippen LogP contribution in [0.25, 0.3) is 10.9 Å². The predicted octanol–water partition coefficient (Wildman–Crippen LogP) is 4.66. The van der Waals surface area contributed by atoms with Gasteiger partial charge in [0.05, 0.1) is 22.3 Å². The van der Waals surface area contributed by atoms with Crippen molar-refractivity contribution in [3.8, 4) is 0 Å². The molecule has 0 fully saturated rings. The Hall–Kier alpha value is -3.07. The molecule has 0 spiro atoms. The average Bonchev–Trinajstić information content (AvgIpc) is 2.84. The maximum Gasteiger partial charge on any atom is 0.262 e. The molecule has 0 saturated carbocycles. The van der Waals surface area contributed by atoms with Gasteiger partial charge >= 0.3 is 0 Å². The van der Waals surface area contributed by atoms with Crippen LogP contribution in [0.15, 0.2) is 98.6 Å². The first-order valence-electron chi connectivity index (χ1n) is 10.5. The lowest BCUT2D eigenvalue weighted by atomic mass is 10.2. The zero-order valence-electron chi connectivity index (χ0n) is 17.8. The van der Waals surface area contributed by atoms with E-state index in [0.717, 1.165) is 15.5 Å². The van der Waals surface area contributed by atoms with Crippen LogP contribution in [-0.2, 0) is 11.3 Å². The first-order valence-corrected chi connectivity index (χ1v) is 12.3. The second-order valence-corrected chi connectivity index (χ2v) is 9.25. The first kappa shape index (κ1) is 23.1. The van der Waals surface area contributed by atoms with Gasteiger partial charge in [-0.05, 0) is 42.8 Å². The van der Waals surface area contributed by atoms with E-state index < -0.39 is 0 Å². The number of aromatic nitrogens is 2. The van der Waals surface area contributed by atoms with E-state index in [1.807, 2.05) is 60.7 Å². The number of anilines is 1. The van der Waals surface area contributed by atoms with E-state index in [0.29, 0.717) is 29.0 Å². The molecule has 2 N–H and O–H groups in total. The number of benzene rings is 3. The Labute approximate surface area is 200 Å². The number of nitrogens with zero attached hydrogens (tertiary/aromatic N) is 2. The summed E-state index contributed by atoms with van der Waals surface area (Å²) in [6.45, 7) is 0.313. The van der Waals surface area contributed by atoms with Crippen molar-refractivity contribution in [1.29, 1.82) is 0 Å². The highest BCUT2D eigenvalue weighted by Crippen LogP contribution is 2.33. The fourth-order valence-corrected chi connectivity index (χ4v) is 5.02. The van der Waals surface area contributed by atoms with Crippen LogP contribution in [0.4, 0.5) is 5.69 Å². The van der Waals surface area contributed by atoms with Gasteiger partial charge in [-0.15, -0.1) is 0 Å². The highest BCUT2D eigenvalue weighted by atomic mass is 32.2. The van der Waals surface area contributed by atoms with Crippen LogP contribution in [0.5, 0.6) is 0 Å². The van der Waals surface area contributed by atoms with Gasteiger partial charge in [-0.1, -0.05) is 66.0 Å². The van der Waals surface area contributed by atoms with Gasteiger partial charge in [0.1, 0.15) is 0 Å². The largest absolute Gasteiger partial charge is 0.396 e. The number of nitrogens with one attached hydrogen (secondary N) is 1. The van der Waals surface area contributed by atoms with Crippen molar-refractivity contribution < 1.29 is 9.90 Å². The molecule has 168 valence electrons. The van der Waals surface area contributed by atoms with Crippen LogP contribution >= 0.6 is 23.5 Å². The van der Waals surface area contributed by atoms with Crippen LogP contribution in [0.1, 0.15) is 6.42 Å². The molecule has 0 radical (unpaired) electrons. The highest BCUT2D eigenvalue weighted by Gasteiger charge is 2.14. The summed E-state index contributed by atoms with van der Waals surface area (Å²) in [5, 5.41) is 13.2. The first-order chi connectivity index (χ1) is 16.2. The van der Waals surface area contributed by atoms with E-state index in [1.54, 1.807) is 30.0 Å². The molecule has 1 heterocycles. The molecule has 0 aliphatic heterocycles. The smallest absolute Gasteiger partial charge is 0.262 e. The minimum absolute atomic E-state index is 0.0281. The summed E-state index contributed by atoms with van der Waals surface area (Å²) in [5.74, 6) is -0.0777. The van der Waals surface area contributed by atoms with Gasteiger partial charge in [0.15, 0.2) is 5.16 Å². The highest BCUT2D eigenvalue weighted by molar-refractivity contribution is 8.00. The second-order valence-electron chi connectivity index (χ2n) is 7.19. The van der Waals surface area contributed by atoms with E-state index in [4.69, 9.17) is 0 Å². The Balaban J connectivity index is 1.50. The number of para-hydroxylation sites is 2. The van der Waals surface area contributed by atoms with E-state index in [9.17, 15) is 14.7 Å². The third-order valence-electron chi connectivity index (χ3n) is 4.83. The van der Waals surface area contributed by atoms with Crippen LogP contribution in [0.2, 0.25) is 0 Å². The summed E-state index contributed by atoms with van der Waals surface area (Å²) < 4.78 is 1.54. The summed E-state index contributed by atoms with van der Waals surface area (Å²) in [6, 6.07) is 24.8. The number of aliphatic hydroxyl groups excluding tert-OH is 1. The molecular formula is C25H23N3O3S2. The summed E-state index contributed by atoms with van der Waals surface area (Å²) in [7, 11) is 0. The standard InChI is InChI=1S/C25H23N3O3S2/c29-16-8-15-28-24(31)19-11-4-5-12-20(19)27-25(28)32-17-23(30)26-21-13-6-7-14-22(21)33-18-9-2-1-3-10-18/h1-7,9-14,29H,8,15-17H2,(H,26,30). The molecule has 0 aliphatic rings. The van der Waals surface area contributed by atoms with Crippen molar-refractivity contribution in [2.45, 2.75) is 27.9 Å². The van der Waals surface area contributed by atoms with E-state index in [2.05, 4.69) is 10.3 Å². The Bertz CT molecular complexity index is 1310. The number of hydrogen-bond acceptors (Lipinski definition) is 6. The lowest BCUT2D eigenvalue weighted by Crippen LogP contribution is -2.24. The summed E-state index contributed by atoms with van der Waals surface area (Å²) in [6.07, 6.45) is 0.434. The zero-order valence-corrected chi connectivity index (χ0v) is 19.4. The Kier molecular flexibility index (Phi) is 7.83. The summed E-state index contributed by atoms with van der Waals surface area (Å²) in [4.78, 5) is 32.3. The van der Waals surface area contributed by atoms with Crippen LogP contribution < -0.4 is 10.9 Å². The summed E-state index contributed by atoms with van der Waals surface area (Å²) >= 11 is 2.80. The number of rotatable bonds is 9. The Morgan fingerprint density at radius 2 is 1.70 bits per heavy atom. The minimum atomic E-state index is -0.183. The number of aliphatic hydroxyl groups is 1. The van der Waals surface area contributed by atoms with E-state index >= 15 is 0 Å². The molecule has 8 heteroatoms. The molecule has 4 aromatic rings. The van der Waals surface area contributed by atoms with Crippen LogP contribution in [0, 0.1) is 0 Å². The molecular weight excluding hydrogens is 454 g/mol. The van der Waals surface area contributed by atoms with Crippen LogP contribution in [-0.4, -0.2) is 32.9 Å². The molecule has 0 aliphatic carbocycles. The van der Waals surface area contributed by atoms with E-state index in [1.165, 1.54) is 16.3 Å². The van der Waals surface area contributed by atoms with Crippen molar-refractivity contribution in [1.82, 2.24) is 9.55 Å². The minimum Gasteiger partial charge on any atom is -0.396 e. The van der Waals surface area contributed by atoms with Crippen molar-refractivity contribution in [2.75, 3.05) is 17.7 Å². The Morgan fingerprint density at radius 3 is 2.52 bits per heavy atom. The topological polar surface area (TPSA) is 84.2 Å². The SMILES string of the molecule is O=C(CSc1nc2ccccc2c(=O)n1CCCO)Nc1ccccc1Sc1ccccc1. The van der Waals surface area contributed by atoms with Gasteiger partial charge in [-0.2, -0.15) is 0 Å². The fraction of sp³-hybridized carbons (Fsp3) is 0.160. The maximum atomic E-state index is 12.9. The zero-order chi connectivity index (χ0) is 23.0. The van der Waals surface area contributed by atoms with Gasteiger partial charge in [0, 0.05) is 22.9 Å². The van der Waals surface area contributed by atoms with Gasteiger partial charge in [-0.3, -0.25) is 14.2 Å². The molecule has 0 saturated heterocycles. The normalized spacial score (nSPS) is 10.9. The molecule has 3 aromatic carbocycles. The van der Waals surface area contributed by atoms with Crippen LogP contribution in [0.3, 0.4) is 0 Å². The number of amides is 1. The number of fused-ring (bicyclic) bond motifs is 1. The van der Waals surface area contributed by atoms with Gasteiger partial charge in [0.2, 0.25) is 5.91 Å². The lowest BCUT2D eigenvalue weighted by Gasteiger charge is -2.13. The lowest BCUT2D eigenvalue weighted by molar-refractivity contribution is -0.113. The number of carbonyl (C=O) groups excluding carboxylic acids is 1. The van der Waals surface area contributed by atoms with Crippen molar-refractivity contribution in [2.24, 2.45) is 0 Å². The fourth-order valence-electron chi connectivity index (χ4n) is 3.27. The van der Waals surface area contributed by atoms with Crippen molar-refractivity contribution in [3.63, 3.8) is 0 Å². The quantitative estimate of drug-likeness (QED) is 0.269. The molecule has 0 unspecified atom stereocenters. The Morgan fingerprint density at radius 1 is 0.970 bits per heavy atom. The molecule has 0 bridgehead atoms. The maximum absolute atomic E-state index is 12.9. The third-order valence-corrected chi connectivity index (χ3v) is 6.89. The predicted molar refractivity (Wildman–Crippen MR) is 134 cm³/mol. The third kappa shape index (κ3) is 5.84. The van der Waals surface area contributed by atoms with Gasteiger partial charge in [-0.25, -0.2) is 4.98 Å². The number of carbonyl (C=O) groups is 1. The second kappa shape index (κ2) is 11.2. The van der Waals surface area contributed by atoms with Gasteiger partial charge in [0.25, 0.3) is 5.56 Å². The number of hydrogen-bond donors (Lipinski definition) is 2. The molecule has 1 aromatic heterocycles. The summed E-state index contributed by atoms with van der Waals surface area (Å²) in [5.41, 5.74) is 1.16. The molecule has 0 atom stereocenters. The average molecular weight is 478 g/mol. The van der Waals surface area contributed by atoms with Crippen molar-refractivity contribution >= 4 is 46.0 Å². The van der Waals surface area contributed by atoms with Gasteiger partial charge < -0.3 is 10.4 Å². The van der Waals surface area contributed by atoms with E-state index in [-0.39, 0.29) is 23.8 Å². The molecule has 6 nitrogen and oxygen atoms in total. The number of thioether (sulfide) groups is 1. The molecule has 1 amide bonds. The monoisotopic (exact) mass is 477 g/mol.